The van der Waals surface area contributed by atoms with Crippen molar-refractivity contribution in [1.82, 2.24) is 10.2 Å². The highest BCUT2D eigenvalue weighted by molar-refractivity contribution is 7.99. The first kappa shape index (κ1) is 15.1. The maximum absolute atomic E-state index is 11.7. The molecular weight excluding hydrogens is 256 g/mol. The highest BCUT2D eigenvalue weighted by Crippen LogP contribution is 2.20. The van der Waals surface area contributed by atoms with Gasteiger partial charge in [0, 0.05) is 25.5 Å². The van der Waals surface area contributed by atoms with Gasteiger partial charge in [0.25, 0.3) is 0 Å². The molecular formula is C11H20N2O4S. The van der Waals surface area contributed by atoms with Crippen molar-refractivity contribution < 1.29 is 19.4 Å². The van der Waals surface area contributed by atoms with E-state index in [4.69, 9.17) is 9.84 Å². The van der Waals surface area contributed by atoms with E-state index in [0.717, 1.165) is 19.4 Å². The molecule has 0 aromatic carbocycles. The number of carboxylic acids is 1. The van der Waals surface area contributed by atoms with Crippen LogP contribution in [-0.4, -0.2) is 59.4 Å². The molecule has 1 fully saturated rings. The lowest BCUT2D eigenvalue weighted by Crippen LogP contribution is -2.47. The number of urea groups is 1. The zero-order valence-corrected chi connectivity index (χ0v) is 11.4. The van der Waals surface area contributed by atoms with E-state index in [-0.39, 0.29) is 6.03 Å². The van der Waals surface area contributed by atoms with Gasteiger partial charge < -0.3 is 20.1 Å². The number of hydrogen-bond acceptors (Lipinski definition) is 4. The summed E-state index contributed by atoms with van der Waals surface area (Å²) in [5.74, 6) is -0.0428. The number of amides is 2. The fraction of sp³-hybridized carbons (Fsp3) is 0.818. The normalized spacial score (nSPS) is 18.9. The largest absolute Gasteiger partial charge is 0.480 e. The standard InChI is InChI=1S/C11H20N2O4S/c1-2-5-17-6-3-4-12-11(16)13-8-18-7-9(13)10(14)15/h9H,2-8H2,1H3,(H,12,16)(H,14,15). The second kappa shape index (κ2) is 8.20. The molecule has 18 heavy (non-hydrogen) atoms. The number of ether oxygens (including phenoxy) is 1. The predicted molar refractivity (Wildman–Crippen MR) is 69.7 cm³/mol. The minimum atomic E-state index is -0.943. The van der Waals surface area contributed by atoms with Gasteiger partial charge in [-0.25, -0.2) is 9.59 Å². The Morgan fingerprint density at radius 2 is 2.28 bits per heavy atom. The van der Waals surface area contributed by atoms with Gasteiger partial charge in [0.15, 0.2) is 0 Å². The van der Waals surface area contributed by atoms with Crippen LogP contribution in [0.3, 0.4) is 0 Å². The Hall–Kier alpha value is -0.950. The van der Waals surface area contributed by atoms with Gasteiger partial charge in [0.05, 0.1) is 5.88 Å². The number of nitrogens with one attached hydrogen (secondary N) is 1. The van der Waals surface area contributed by atoms with E-state index in [1.165, 1.54) is 16.7 Å². The van der Waals surface area contributed by atoms with Crippen LogP contribution in [0.15, 0.2) is 0 Å². The Morgan fingerprint density at radius 1 is 1.50 bits per heavy atom. The summed E-state index contributed by atoms with van der Waals surface area (Å²) in [6.07, 6.45) is 1.72. The summed E-state index contributed by atoms with van der Waals surface area (Å²) in [6, 6.07) is -1.01. The lowest BCUT2D eigenvalue weighted by atomic mass is 10.3. The van der Waals surface area contributed by atoms with Gasteiger partial charge in [-0.1, -0.05) is 6.92 Å². The van der Waals surface area contributed by atoms with Gasteiger partial charge in [-0.3, -0.25) is 0 Å². The van der Waals surface area contributed by atoms with Crippen LogP contribution in [0.1, 0.15) is 19.8 Å². The molecule has 2 amide bonds. The molecule has 7 heteroatoms. The zero-order chi connectivity index (χ0) is 13.4. The molecule has 2 N–H and O–H groups in total. The number of hydrogen-bond donors (Lipinski definition) is 2. The maximum atomic E-state index is 11.7. The molecule has 1 unspecified atom stereocenters. The summed E-state index contributed by atoms with van der Waals surface area (Å²) >= 11 is 1.46. The zero-order valence-electron chi connectivity index (χ0n) is 10.6. The molecule has 104 valence electrons. The van der Waals surface area contributed by atoms with Crippen molar-refractivity contribution in [3.05, 3.63) is 0 Å². The molecule has 0 aromatic heterocycles. The molecule has 0 saturated carbocycles. The molecule has 0 aromatic rings. The van der Waals surface area contributed by atoms with Gasteiger partial charge in [-0.05, 0) is 12.8 Å². The van der Waals surface area contributed by atoms with Crippen LogP contribution in [0, 0.1) is 0 Å². The number of carbonyl (C=O) groups excluding carboxylic acids is 1. The Kier molecular flexibility index (Phi) is 6.89. The average molecular weight is 276 g/mol. The van der Waals surface area contributed by atoms with Crippen LogP contribution >= 0.6 is 11.8 Å². The smallest absolute Gasteiger partial charge is 0.327 e. The third-order valence-electron chi connectivity index (χ3n) is 2.52. The molecule has 1 heterocycles. The number of carboxylic acid groups (broad SMARTS) is 1. The molecule has 1 saturated heterocycles. The summed E-state index contributed by atoms with van der Waals surface area (Å²) < 4.78 is 5.29. The van der Waals surface area contributed by atoms with Crippen molar-refractivity contribution in [3.63, 3.8) is 0 Å². The van der Waals surface area contributed by atoms with Crippen LogP contribution in [0.5, 0.6) is 0 Å². The van der Waals surface area contributed by atoms with Gasteiger partial charge >= 0.3 is 12.0 Å². The summed E-state index contributed by atoms with van der Waals surface area (Å²) in [5.41, 5.74) is 0. The van der Waals surface area contributed by atoms with Gasteiger partial charge in [-0.2, -0.15) is 0 Å². The van der Waals surface area contributed by atoms with Crippen LogP contribution in [-0.2, 0) is 9.53 Å². The molecule has 1 atom stereocenters. The van der Waals surface area contributed by atoms with Crippen molar-refractivity contribution in [3.8, 4) is 0 Å². The lowest BCUT2D eigenvalue weighted by molar-refractivity contribution is -0.140. The predicted octanol–water partition coefficient (Wildman–Crippen LogP) is 0.972. The van der Waals surface area contributed by atoms with Crippen molar-refractivity contribution in [1.29, 1.82) is 0 Å². The molecule has 6 nitrogen and oxygen atoms in total. The van der Waals surface area contributed by atoms with E-state index in [1.807, 2.05) is 6.92 Å². The van der Waals surface area contributed by atoms with E-state index in [0.29, 0.717) is 24.8 Å². The minimum absolute atomic E-state index is 0.303. The number of rotatable bonds is 7. The van der Waals surface area contributed by atoms with E-state index in [9.17, 15) is 9.59 Å². The Bertz CT molecular complexity index is 288. The first-order valence-corrected chi connectivity index (χ1v) is 7.25. The summed E-state index contributed by atoms with van der Waals surface area (Å²) in [7, 11) is 0. The summed E-state index contributed by atoms with van der Waals surface area (Å²) in [5, 5.41) is 11.7. The number of nitrogens with zero attached hydrogens (tertiary/aromatic N) is 1. The lowest BCUT2D eigenvalue weighted by Gasteiger charge is -2.20. The molecule has 0 spiro atoms. The average Bonchev–Trinajstić information content (AvgIpc) is 2.82. The first-order valence-electron chi connectivity index (χ1n) is 6.09. The van der Waals surface area contributed by atoms with Crippen molar-refractivity contribution in [2.45, 2.75) is 25.8 Å². The molecule has 0 bridgehead atoms. The van der Waals surface area contributed by atoms with Gasteiger partial charge in [0.2, 0.25) is 0 Å². The topological polar surface area (TPSA) is 78.9 Å². The Morgan fingerprint density at radius 3 is 2.94 bits per heavy atom. The fourth-order valence-electron chi connectivity index (χ4n) is 1.56. The first-order chi connectivity index (χ1) is 8.66. The minimum Gasteiger partial charge on any atom is -0.480 e. The summed E-state index contributed by atoms with van der Waals surface area (Å²) in [6.45, 7) is 3.90. The second-order valence-electron chi connectivity index (χ2n) is 4.02. The van der Waals surface area contributed by atoms with Crippen LogP contribution in [0.4, 0.5) is 4.79 Å². The van der Waals surface area contributed by atoms with Gasteiger partial charge in [0.1, 0.15) is 6.04 Å². The highest BCUT2D eigenvalue weighted by atomic mass is 32.2. The maximum Gasteiger partial charge on any atom is 0.327 e. The highest BCUT2D eigenvalue weighted by Gasteiger charge is 2.34. The SMILES string of the molecule is CCCOCCCNC(=O)N1CSCC1C(=O)O. The Balaban J connectivity index is 2.18. The molecule has 0 aliphatic carbocycles. The van der Waals surface area contributed by atoms with Crippen molar-refractivity contribution >= 4 is 23.8 Å². The second-order valence-corrected chi connectivity index (χ2v) is 5.02. The molecule has 1 aliphatic heterocycles. The fourth-order valence-corrected chi connectivity index (χ4v) is 2.71. The third-order valence-corrected chi connectivity index (χ3v) is 3.53. The molecule has 0 radical (unpaired) electrons. The monoisotopic (exact) mass is 276 g/mol. The quantitative estimate of drug-likeness (QED) is 0.677. The van der Waals surface area contributed by atoms with Crippen LogP contribution in [0.25, 0.3) is 0 Å². The van der Waals surface area contributed by atoms with Crippen molar-refractivity contribution in [2.75, 3.05) is 31.4 Å². The summed E-state index contributed by atoms with van der Waals surface area (Å²) in [4.78, 5) is 24.0. The number of carbonyl (C=O) groups is 2. The van der Waals surface area contributed by atoms with E-state index in [2.05, 4.69) is 5.32 Å². The third kappa shape index (κ3) is 4.73. The van der Waals surface area contributed by atoms with Crippen LogP contribution in [0.2, 0.25) is 0 Å². The van der Waals surface area contributed by atoms with Gasteiger partial charge in [-0.15, -0.1) is 11.8 Å². The molecule has 1 rings (SSSR count). The van der Waals surface area contributed by atoms with E-state index >= 15 is 0 Å². The Labute approximate surface area is 111 Å². The molecule has 1 aliphatic rings. The number of thioether (sulfide) groups is 1. The van der Waals surface area contributed by atoms with Crippen LogP contribution < -0.4 is 5.32 Å². The van der Waals surface area contributed by atoms with E-state index in [1.54, 1.807) is 0 Å². The van der Waals surface area contributed by atoms with Crippen molar-refractivity contribution in [2.24, 2.45) is 0 Å². The number of aliphatic carboxylic acids is 1. The van der Waals surface area contributed by atoms with E-state index < -0.39 is 12.0 Å².